The van der Waals surface area contributed by atoms with Gasteiger partial charge in [0, 0.05) is 11.2 Å². The lowest BCUT2D eigenvalue weighted by molar-refractivity contribution is 1.56. The molecular formula is C10H14ClNSi. The number of hydrogen-bond acceptors (Lipinski definition) is 1. The summed E-state index contributed by atoms with van der Waals surface area (Å²) in [6, 6.07) is 7.72. The normalized spacial score (nSPS) is 12.3. The second kappa shape index (κ2) is 4.07. The summed E-state index contributed by atoms with van der Waals surface area (Å²) in [4.78, 5) is 0. The van der Waals surface area contributed by atoms with E-state index in [0.29, 0.717) is 0 Å². The topological polar surface area (TPSA) is 12.4 Å². The molecule has 70 valence electrons. The molecule has 1 aromatic carbocycles. The van der Waals surface area contributed by atoms with Crippen LogP contribution in [0.4, 0.5) is 0 Å². The van der Waals surface area contributed by atoms with E-state index >= 15 is 0 Å². The molecule has 0 aromatic heterocycles. The lowest BCUT2D eigenvalue weighted by Crippen LogP contribution is -2.16. The van der Waals surface area contributed by atoms with Crippen molar-refractivity contribution in [2.45, 2.75) is 19.6 Å². The summed E-state index contributed by atoms with van der Waals surface area (Å²) in [5.74, 6) is 0. The van der Waals surface area contributed by atoms with E-state index < -0.39 is 8.24 Å². The third-order valence-electron chi connectivity index (χ3n) is 1.47. The van der Waals surface area contributed by atoms with Gasteiger partial charge in [0.25, 0.3) is 0 Å². The van der Waals surface area contributed by atoms with Gasteiger partial charge in [-0.3, -0.25) is 0 Å². The second-order valence-corrected chi connectivity index (χ2v) is 9.02. The summed E-state index contributed by atoms with van der Waals surface area (Å²) in [6.07, 6.45) is 1.93. The molecule has 0 fully saturated rings. The summed E-state index contributed by atoms with van der Waals surface area (Å²) in [5.41, 5.74) is 1.12. The zero-order valence-electron chi connectivity index (χ0n) is 8.21. The van der Waals surface area contributed by atoms with Crippen molar-refractivity contribution in [2.24, 2.45) is 4.66 Å². The highest BCUT2D eigenvalue weighted by Crippen LogP contribution is 2.09. The molecule has 0 heterocycles. The molecule has 3 heteroatoms. The van der Waals surface area contributed by atoms with Crippen molar-refractivity contribution in [3.8, 4) is 0 Å². The van der Waals surface area contributed by atoms with Crippen LogP contribution in [0.5, 0.6) is 0 Å². The number of benzene rings is 1. The van der Waals surface area contributed by atoms with Crippen molar-refractivity contribution in [1.29, 1.82) is 0 Å². The smallest absolute Gasteiger partial charge is 0.172 e. The lowest BCUT2D eigenvalue weighted by atomic mass is 10.2. The van der Waals surface area contributed by atoms with Gasteiger partial charge in [-0.05, 0) is 37.3 Å². The Kier molecular flexibility index (Phi) is 3.28. The van der Waals surface area contributed by atoms with E-state index in [1.165, 1.54) is 0 Å². The van der Waals surface area contributed by atoms with E-state index in [0.717, 1.165) is 10.6 Å². The van der Waals surface area contributed by atoms with Gasteiger partial charge in [0.2, 0.25) is 0 Å². The monoisotopic (exact) mass is 211 g/mol. The van der Waals surface area contributed by atoms with Crippen molar-refractivity contribution in [2.75, 3.05) is 0 Å². The van der Waals surface area contributed by atoms with Crippen molar-refractivity contribution in [3.63, 3.8) is 0 Å². The molecule has 0 N–H and O–H groups in total. The summed E-state index contributed by atoms with van der Waals surface area (Å²) < 4.78 is 4.53. The molecule has 0 bridgehead atoms. The van der Waals surface area contributed by atoms with Crippen LogP contribution in [-0.2, 0) is 0 Å². The zero-order chi connectivity index (χ0) is 9.90. The first kappa shape index (κ1) is 10.5. The number of hydrogen-bond donors (Lipinski definition) is 0. The maximum Gasteiger partial charge on any atom is 0.172 e. The van der Waals surface area contributed by atoms with Crippen LogP contribution in [0.2, 0.25) is 24.7 Å². The molecule has 1 nitrogen and oxygen atoms in total. The average molecular weight is 212 g/mol. The summed E-state index contributed by atoms with van der Waals surface area (Å²) in [6.45, 7) is 6.62. The molecule has 0 saturated carbocycles. The highest BCUT2D eigenvalue weighted by molar-refractivity contribution is 6.75. The molecule has 0 unspecified atom stereocenters. The van der Waals surface area contributed by atoms with Crippen LogP contribution in [0, 0.1) is 0 Å². The van der Waals surface area contributed by atoms with Crippen LogP contribution in [0.15, 0.2) is 28.9 Å². The summed E-state index contributed by atoms with van der Waals surface area (Å²) in [7, 11) is -1.32. The Hall–Kier alpha value is -0.603. The standard InChI is InChI=1S/C10H14ClNSi/c1-13(2,3)12-8-9-4-6-10(11)7-5-9/h4-8H,1-3H3/b12-8+. The first-order valence-corrected chi connectivity index (χ1v) is 8.11. The maximum absolute atomic E-state index is 5.77. The molecule has 0 amide bonds. The Bertz CT molecular complexity index is 298. The van der Waals surface area contributed by atoms with Gasteiger partial charge in [-0.1, -0.05) is 23.7 Å². The fraction of sp³-hybridized carbons (Fsp3) is 0.300. The number of halogens is 1. The Balaban J connectivity index is 2.75. The molecule has 1 rings (SSSR count). The van der Waals surface area contributed by atoms with Crippen molar-refractivity contribution >= 4 is 26.1 Å². The molecule has 1 aromatic rings. The van der Waals surface area contributed by atoms with E-state index in [9.17, 15) is 0 Å². The predicted octanol–water partition coefficient (Wildman–Crippen LogP) is 3.59. The van der Waals surface area contributed by atoms with Gasteiger partial charge in [0.05, 0.1) is 0 Å². The third-order valence-corrected chi connectivity index (χ3v) is 2.63. The zero-order valence-corrected chi connectivity index (χ0v) is 9.97. The Morgan fingerprint density at radius 3 is 2.15 bits per heavy atom. The van der Waals surface area contributed by atoms with Crippen LogP contribution in [-0.4, -0.2) is 14.5 Å². The van der Waals surface area contributed by atoms with Gasteiger partial charge in [0.1, 0.15) is 0 Å². The number of nitrogens with zero attached hydrogens (tertiary/aromatic N) is 1. The van der Waals surface area contributed by atoms with E-state index in [2.05, 4.69) is 24.3 Å². The van der Waals surface area contributed by atoms with Crippen molar-refractivity contribution in [1.82, 2.24) is 0 Å². The van der Waals surface area contributed by atoms with Gasteiger partial charge < -0.3 is 4.66 Å². The molecule has 0 radical (unpaired) electrons. The lowest BCUT2D eigenvalue weighted by Gasteiger charge is -2.07. The van der Waals surface area contributed by atoms with Crippen molar-refractivity contribution < 1.29 is 0 Å². The highest BCUT2D eigenvalue weighted by Gasteiger charge is 2.08. The van der Waals surface area contributed by atoms with Gasteiger partial charge >= 0.3 is 0 Å². The fourth-order valence-corrected chi connectivity index (χ4v) is 1.48. The van der Waals surface area contributed by atoms with Crippen molar-refractivity contribution in [3.05, 3.63) is 34.9 Å². The molecule has 0 atom stereocenters. The first-order valence-electron chi connectivity index (χ1n) is 4.28. The Morgan fingerprint density at radius 2 is 1.69 bits per heavy atom. The maximum atomic E-state index is 5.77. The van der Waals surface area contributed by atoms with Crippen LogP contribution in [0.3, 0.4) is 0 Å². The van der Waals surface area contributed by atoms with Crippen LogP contribution in [0.1, 0.15) is 5.56 Å². The van der Waals surface area contributed by atoms with Crippen LogP contribution in [0.25, 0.3) is 0 Å². The molecule has 0 saturated heterocycles. The second-order valence-electron chi connectivity index (χ2n) is 3.98. The third kappa shape index (κ3) is 4.25. The van der Waals surface area contributed by atoms with E-state index in [-0.39, 0.29) is 0 Å². The largest absolute Gasteiger partial charge is 0.329 e. The quantitative estimate of drug-likeness (QED) is 0.524. The molecular weight excluding hydrogens is 198 g/mol. The average Bonchev–Trinajstić information content (AvgIpc) is 2.02. The van der Waals surface area contributed by atoms with Crippen LogP contribution < -0.4 is 0 Å². The van der Waals surface area contributed by atoms with Gasteiger partial charge in [-0.15, -0.1) is 0 Å². The minimum Gasteiger partial charge on any atom is -0.329 e. The first-order chi connectivity index (χ1) is 5.97. The molecule has 0 aliphatic carbocycles. The minimum absolute atomic E-state index is 0.769. The van der Waals surface area contributed by atoms with E-state index in [1.54, 1.807) is 0 Å². The molecule has 0 aliphatic rings. The Morgan fingerprint density at radius 1 is 1.15 bits per heavy atom. The SMILES string of the molecule is C[Si](C)(C)/N=C/c1ccc(Cl)cc1. The molecule has 0 aliphatic heterocycles. The van der Waals surface area contributed by atoms with Gasteiger partial charge in [-0.25, -0.2) is 0 Å². The summed E-state index contributed by atoms with van der Waals surface area (Å²) in [5, 5.41) is 0.769. The number of rotatable bonds is 2. The van der Waals surface area contributed by atoms with E-state index in [4.69, 9.17) is 11.6 Å². The molecule has 0 spiro atoms. The Labute approximate surface area is 85.6 Å². The van der Waals surface area contributed by atoms with Gasteiger partial charge in [-0.2, -0.15) is 0 Å². The minimum atomic E-state index is -1.32. The van der Waals surface area contributed by atoms with Crippen LogP contribution >= 0.6 is 11.6 Å². The van der Waals surface area contributed by atoms with Gasteiger partial charge in [0.15, 0.2) is 8.24 Å². The molecule has 13 heavy (non-hydrogen) atoms. The van der Waals surface area contributed by atoms with E-state index in [1.807, 2.05) is 30.5 Å². The summed E-state index contributed by atoms with van der Waals surface area (Å²) >= 11 is 5.77. The predicted molar refractivity (Wildman–Crippen MR) is 62.4 cm³/mol. The highest BCUT2D eigenvalue weighted by atomic mass is 35.5. The fourth-order valence-electron chi connectivity index (χ4n) is 0.817.